The average Bonchev–Trinajstić information content (AvgIpc) is 3.18. The number of rotatable bonds is 3. The molecular weight excluding hydrogens is 328 g/mol. The predicted octanol–water partition coefficient (Wildman–Crippen LogP) is 2.83. The number of amidine groups is 2. The fourth-order valence-corrected chi connectivity index (χ4v) is 3.50. The van der Waals surface area contributed by atoms with Crippen LogP contribution in [-0.4, -0.2) is 33.8 Å². The zero-order chi connectivity index (χ0) is 16.7. The normalized spacial score (nSPS) is 20.4. The Bertz CT molecular complexity index is 844. The molecule has 3 aliphatic rings. The molecular formula is C16H14N4O3S. The van der Waals surface area contributed by atoms with Crippen LogP contribution in [0.2, 0.25) is 0 Å². The summed E-state index contributed by atoms with van der Waals surface area (Å²) in [5.41, 5.74) is 0.954. The molecule has 0 unspecified atom stereocenters. The summed E-state index contributed by atoms with van der Waals surface area (Å²) in [5.74, 6) is 0.918. The van der Waals surface area contributed by atoms with Crippen LogP contribution in [0.1, 0.15) is 25.3 Å². The van der Waals surface area contributed by atoms with E-state index in [9.17, 15) is 4.79 Å². The number of nitrogens with one attached hydrogen (secondary N) is 1. The monoisotopic (exact) mass is 342 g/mol. The van der Waals surface area contributed by atoms with Gasteiger partial charge in [0.25, 0.3) is 5.91 Å². The Labute approximate surface area is 142 Å². The molecule has 0 saturated heterocycles. The average molecular weight is 342 g/mol. The number of hydrogen-bond acceptors (Lipinski definition) is 6. The van der Waals surface area contributed by atoms with E-state index >= 15 is 0 Å². The third kappa shape index (κ3) is 2.48. The van der Waals surface area contributed by atoms with E-state index in [1.165, 1.54) is 16.8 Å². The summed E-state index contributed by atoms with van der Waals surface area (Å²) in [4.78, 5) is 16.4. The second-order valence-corrected chi connectivity index (χ2v) is 6.42. The van der Waals surface area contributed by atoms with E-state index in [2.05, 4.69) is 17.0 Å². The van der Waals surface area contributed by atoms with Gasteiger partial charge >= 0.3 is 0 Å². The minimum absolute atomic E-state index is 0.0428. The lowest BCUT2D eigenvalue weighted by atomic mass is 10.1. The van der Waals surface area contributed by atoms with E-state index in [1.807, 2.05) is 6.07 Å². The van der Waals surface area contributed by atoms with Crippen LogP contribution in [0.25, 0.3) is 6.08 Å². The molecule has 7 nitrogen and oxygen atoms in total. The molecule has 24 heavy (non-hydrogen) atoms. The van der Waals surface area contributed by atoms with Gasteiger partial charge in [-0.2, -0.15) is 15.1 Å². The molecule has 0 saturated carbocycles. The smallest absolute Gasteiger partial charge is 0.283 e. The Balaban J connectivity index is 1.67. The van der Waals surface area contributed by atoms with Crippen molar-refractivity contribution in [2.24, 2.45) is 10.1 Å². The van der Waals surface area contributed by atoms with Crippen LogP contribution < -0.4 is 9.47 Å². The van der Waals surface area contributed by atoms with Crippen LogP contribution in [0.4, 0.5) is 0 Å². The van der Waals surface area contributed by atoms with Crippen molar-refractivity contribution in [2.75, 3.05) is 6.79 Å². The van der Waals surface area contributed by atoms with Gasteiger partial charge in [-0.25, -0.2) is 0 Å². The molecule has 0 spiro atoms. The summed E-state index contributed by atoms with van der Waals surface area (Å²) >= 11 is 1.35. The van der Waals surface area contributed by atoms with Crippen molar-refractivity contribution in [1.29, 1.82) is 5.41 Å². The number of benzene rings is 1. The number of nitrogens with zero attached hydrogens (tertiary/aromatic N) is 3. The standard InChI is InChI=1S/C16H14N4O3S/c1-2-3-13-19-20-14(17)10(15(21)18-16(20)24-13)6-9-4-5-11-12(7-9)23-8-22-11/h4-7,17H,2-3,8H2,1H3/b10-6+,17-14?. The molecule has 122 valence electrons. The van der Waals surface area contributed by atoms with Crippen LogP contribution in [0, 0.1) is 5.41 Å². The van der Waals surface area contributed by atoms with Gasteiger partial charge in [0.2, 0.25) is 12.0 Å². The van der Waals surface area contributed by atoms with Crippen molar-refractivity contribution in [1.82, 2.24) is 5.01 Å². The SMILES string of the molecule is CCCC1=NN2C(=N)/C(=C\c3ccc4c(c3)OCO4)C(=O)N=C2S1. The zero-order valence-electron chi connectivity index (χ0n) is 12.9. The first-order chi connectivity index (χ1) is 11.7. The molecule has 1 aromatic carbocycles. The molecule has 1 amide bonds. The predicted molar refractivity (Wildman–Crippen MR) is 92.5 cm³/mol. The first kappa shape index (κ1) is 14.9. The van der Waals surface area contributed by atoms with Crippen molar-refractivity contribution in [3.63, 3.8) is 0 Å². The maximum Gasteiger partial charge on any atom is 0.283 e. The first-order valence-corrected chi connectivity index (χ1v) is 8.36. The van der Waals surface area contributed by atoms with Crippen LogP contribution in [0.15, 0.2) is 33.9 Å². The number of amides is 1. The van der Waals surface area contributed by atoms with E-state index in [4.69, 9.17) is 14.9 Å². The Morgan fingerprint density at radius 1 is 1.38 bits per heavy atom. The summed E-state index contributed by atoms with van der Waals surface area (Å²) in [7, 11) is 0. The van der Waals surface area contributed by atoms with Crippen LogP contribution in [0.3, 0.4) is 0 Å². The van der Waals surface area contributed by atoms with Crippen molar-refractivity contribution in [3.05, 3.63) is 29.3 Å². The van der Waals surface area contributed by atoms with E-state index < -0.39 is 5.91 Å². The summed E-state index contributed by atoms with van der Waals surface area (Å²) in [5, 5.41) is 15.4. The van der Waals surface area contributed by atoms with Crippen LogP contribution >= 0.6 is 11.8 Å². The molecule has 0 radical (unpaired) electrons. The quantitative estimate of drug-likeness (QED) is 0.854. The molecule has 8 heteroatoms. The highest BCUT2D eigenvalue weighted by molar-refractivity contribution is 8.26. The van der Waals surface area contributed by atoms with Gasteiger partial charge in [0.15, 0.2) is 17.3 Å². The lowest BCUT2D eigenvalue weighted by Crippen LogP contribution is -2.35. The maximum atomic E-state index is 12.3. The number of aliphatic imine (C=N–C) groups is 1. The molecule has 0 aliphatic carbocycles. The number of thioether (sulfide) groups is 1. The molecule has 0 bridgehead atoms. The van der Waals surface area contributed by atoms with Crippen molar-refractivity contribution >= 4 is 39.8 Å². The Morgan fingerprint density at radius 3 is 3.04 bits per heavy atom. The second-order valence-electron chi connectivity index (χ2n) is 5.38. The first-order valence-electron chi connectivity index (χ1n) is 7.54. The van der Waals surface area contributed by atoms with Gasteiger partial charge < -0.3 is 9.47 Å². The van der Waals surface area contributed by atoms with E-state index in [0.717, 1.165) is 23.4 Å². The minimum atomic E-state index is -0.427. The van der Waals surface area contributed by atoms with Gasteiger partial charge in [0.05, 0.1) is 5.57 Å². The highest BCUT2D eigenvalue weighted by Crippen LogP contribution is 2.34. The lowest BCUT2D eigenvalue weighted by molar-refractivity contribution is -0.114. The lowest BCUT2D eigenvalue weighted by Gasteiger charge is -2.20. The van der Waals surface area contributed by atoms with Crippen LogP contribution in [-0.2, 0) is 4.79 Å². The third-order valence-electron chi connectivity index (χ3n) is 3.67. The zero-order valence-corrected chi connectivity index (χ0v) is 13.7. The van der Waals surface area contributed by atoms with Crippen molar-refractivity contribution < 1.29 is 14.3 Å². The Kier molecular flexibility index (Phi) is 3.61. The minimum Gasteiger partial charge on any atom is -0.454 e. The molecule has 0 fully saturated rings. The van der Waals surface area contributed by atoms with Crippen molar-refractivity contribution in [2.45, 2.75) is 19.8 Å². The van der Waals surface area contributed by atoms with Crippen LogP contribution in [0.5, 0.6) is 11.5 Å². The number of carbonyl (C=O) groups is 1. The number of carbonyl (C=O) groups excluding carboxylic acids is 1. The highest BCUT2D eigenvalue weighted by atomic mass is 32.2. The molecule has 0 atom stereocenters. The molecule has 4 rings (SSSR count). The van der Waals surface area contributed by atoms with Gasteiger partial charge in [-0.3, -0.25) is 10.2 Å². The largest absolute Gasteiger partial charge is 0.454 e. The van der Waals surface area contributed by atoms with E-state index in [0.29, 0.717) is 16.7 Å². The number of hydrogen-bond donors (Lipinski definition) is 1. The third-order valence-corrected chi connectivity index (χ3v) is 4.64. The highest BCUT2D eigenvalue weighted by Gasteiger charge is 2.35. The van der Waals surface area contributed by atoms with E-state index in [-0.39, 0.29) is 18.2 Å². The van der Waals surface area contributed by atoms with Gasteiger partial charge in [-0.1, -0.05) is 13.0 Å². The number of ether oxygens (including phenoxy) is 2. The van der Waals surface area contributed by atoms with Crippen molar-refractivity contribution in [3.8, 4) is 11.5 Å². The molecule has 0 aromatic heterocycles. The molecule has 1 aromatic rings. The molecule has 1 N–H and O–H groups in total. The Morgan fingerprint density at radius 2 is 2.21 bits per heavy atom. The Hall–Kier alpha value is -2.61. The number of fused-ring (bicyclic) bond motifs is 2. The molecule has 3 aliphatic heterocycles. The van der Waals surface area contributed by atoms with Gasteiger partial charge in [0.1, 0.15) is 5.04 Å². The fraction of sp³-hybridized carbons (Fsp3) is 0.250. The summed E-state index contributed by atoms with van der Waals surface area (Å²) in [6.07, 6.45) is 3.39. The number of hydrazone groups is 1. The van der Waals surface area contributed by atoms with E-state index in [1.54, 1.807) is 18.2 Å². The van der Waals surface area contributed by atoms with Gasteiger partial charge in [-0.15, -0.1) is 0 Å². The van der Waals surface area contributed by atoms with Gasteiger partial charge in [0, 0.05) is 0 Å². The maximum absolute atomic E-state index is 12.3. The summed E-state index contributed by atoms with van der Waals surface area (Å²) in [6.45, 7) is 2.25. The summed E-state index contributed by atoms with van der Waals surface area (Å²) in [6, 6.07) is 5.37. The summed E-state index contributed by atoms with van der Waals surface area (Å²) < 4.78 is 10.6. The molecule has 3 heterocycles. The fourth-order valence-electron chi connectivity index (χ4n) is 2.52. The van der Waals surface area contributed by atoms with Gasteiger partial charge in [-0.05, 0) is 48.4 Å². The second kappa shape index (κ2) is 5.79. The topological polar surface area (TPSA) is 87.3 Å².